The number of sulfonamides is 1. The van der Waals surface area contributed by atoms with Gasteiger partial charge in [-0.25, -0.2) is 13.2 Å². The number of hydrogen-bond acceptors (Lipinski definition) is 9. The molecule has 1 aromatic carbocycles. The van der Waals surface area contributed by atoms with Crippen molar-refractivity contribution in [1.82, 2.24) is 13.9 Å². The Morgan fingerprint density at radius 1 is 1.32 bits per heavy atom. The number of esters is 1. The van der Waals surface area contributed by atoms with Gasteiger partial charge < -0.3 is 14.8 Å². The van der Waals surface area contributed by atoms with Crippen LogP contribution < -0.4 is 5.32 Å². The van der Waals surface area contributed by atoms with Gasteiger partial charge in [-0.15, -0.1) is 5.10 Å². The predicted molar refractivity (Wildman–Crippen MR) is 114 cm³/mol. The van der Waals surface area contributed by atoms with E-state index in [1.807, 2.05) is 0 Å². The number of morpholine rings is 1. The van der Waals surface area contributed by atoms with E-state index in [9.17, 15) is 18.0 Å². The van der Waals surface area contributed by atoms with Crippen LogP contribution in [0.15, 0.2) is 23.1 Å². The van der Waals surface area contributed by atoms with Crippen LogP contribution in [0.3, 0.4) is 0 Å². The average molecular weight is 489 g/mol. The molecule has 13 heteroatoms. The number of hydrogen-bond donors (Lipinski definition) is 1. The first-order valence-electron chi connectivity index (χ1n) is 9.39. The van der Waals surface area contributed by atoms with Gasteiger partial charge in [0.2, 0.25) is 15.7 Å². The second-order valence-electron chi connectivity index (χ2n) is 6.85. The molecule has 10 nitrogen and oxygen atoms in total. The van der Waals surface area contributed by atoms with Crippen molar-refractivity contribution in [3.63, 3.8) is 0 Å². The summed E-state index contributed by atoms with van der Waals surface area (Å²) >= 11 is 6.98. The number of ether oxygens (including phenoxy) is 2. The van der Waals surface area contributed by atoms with E-state index in [0.29, 0.717) is 0 Å². The lowest BCUT2D eigenvalue weighted by Gasteiger charge is -2.34. The van der Waals surface area contributed by atoms with Gasteiger partial charge in [-0.1, -0.05) is 16.1 Å². The Balaban J connectivity index is 1.87. The van der Waals surface area contributed by atoms with E-state index in [0.717, 1.165) is 11.5 Å². The molecule has 1 N–H and O–H groups in total. The first-order chi connectivity index (χ1) is 14.6. The molecule has 2 aromatic rings. The van der Waals surface area contributed by atoms with Crippen molar-refractivity contribution in [3.05, 3.63) is 34.5 Å². The van der Waals surface area contributed by atoms with Crippen LogP contribution in [0.4, 0.5) is 5.00 Å². The molecule has 0 aliphatic carbocycles. The lowest BCUT2D eigenvalue weighted by atomic mass is 10.2. The zero-order valence-corrected chi connectivity index (χ0v) is 19.4. The van der Waals surface area contributed by atoms with E-state index in [4.69, 9.17) is 21.1 Å². The van der Waals surface area contributed by atoms with Crippen LogP contribution in [-0.2, 0) is 19.5 Å². The van der Waals surface area contributed by atoms with Crippen molar-refractivity contribution in [3.8, 4) is 0 Å². The number of anilines is 1. The van der Waals surface area contributed by atoms with Gasteiger partial charge >= 0.3 is 5.97 Å². The molecule has 0 spiro atoms. The van der Waals surface area contributed by atoms with E-state index in [1.54, 1.807) is 20.8 Å². The molecule has 2 heterocycles. The first-order valence-corrected chi connectivity index (χ1v) is 12.0. The Labute approximate surface area is 188 Å². The summed E-state index contributed by atoms with van der Waals surface area (Å²) in [5.41, 5.74) is -0.0844. The van der Waals surface area contributed by atoms with Gasteiger partial charge in [0.1, 0.15) is 4.90 Å². The fourth-order valence-corrected chi connectivity index (χ4v) is 5.73. The van der Waals surface area contributed by atoms with Gasteiger partial charge in [-0.05, 0) is 39.0 Å². The fraction of sp³-hybridized carbons (Fsp3) is 0.444. The normalized spacial score (nSPS) is 19.7. The summed E-state index contributed by atoms with van der Waals surface area (Å²) in [6.45, 7) is 5.70. The van der Waals surface area contributed by atoms with Gasteiger partial charge in [-0.2, -0.15) is 4.31 Å². The van der Waals surface area contributed by atoms with E-state index in [-0.39, 0.29) is 58.1 Å². The molecule has 0 saturated carbocycles. The SMILES string of the molecule is CCOC(=O)c1nnsc1NC(=O)c1ccc(Cl)c(S(=O)(=O)N2CC(C)OC(C)C2)c1. The Morgan fingerprint density at radius 3 is 2.65 bits per heavy atom. The molecule has 1 aliphatic heterocycles. The Bertz CT molecular complexity index is 1080. The molecule has 1 amide bonds. The van der Waals surface area contributed by atoms with Crippen LogP contribution in [0.1, 0.15) is 41.6 Å². The Morgan fingerprint density at radius 2 is 2.00 bits per heavy atom. The minimum absolute atomic E-state index is 0.00461. The molecule has 2 atom stereocenters. The minimum atomic E-state index is -3.96. The predicted octanol–water partition coefficient (Wildman–Crippen LogP) is 2.42. The number of halogens is 1. The summed E-state index contributed by atoms with van der Waals surface area (Å²) in [4.78, 5) is 24.5. The molecule has 2 unspecified atom stereocenters. The van der Waals surface area contributed by atoms with Crippen molar-refractivity contribution in [2.45, 2.75) is 37.9 Å². The average Bonchev–Trinajstić information content (AvgIpc) is 3.15. The smallest absolute Gasteiger partial charge is 0.362 e. The Hall–Kier alpha value is -2.12. The van der Waals surface area contributed by atoms with Gasteiger partial charge in [-0.3, -0.25) is 4.79 Å². The topological polar surface area (TPSA) is 128 Å². The van der Waals surface area contributed by atoms with Crippen LogP contribution >= 0.6 is 23.1 Å². The molecular weight excluding hydrogens is 468 g/mol. The number of aromatic nitrogens is 2. The lowest BCUT2D eigenvalue weighted by Crippen LogP contribution is -2.48. The third-order valence-electron chi connectivity index (χ3n) is 4.38. The number of benzene rings is 1. The summed E-state index contributed by atoms with van der Waals surface area (Å²) < 4.78 is 41.8. The monoisotopic (exact) mass is 488 g/mol. The zero-order valence-electron chi connectivity index (χ0n) is 17.0. The van der Waals surface area contributed by atoms with E-state index in [1.165, 1.54) is 22.5 Å². The van der Waals surface area contributed by atoms with E-state index >= 15 is 0 Å². The molecular formula is C18H21ClN4O6S2. The molecule has 1 fully saturated rings. The van der Waals surface area contributed by atoms with Crippen LogP contribution in [0.25, 0.3) is 0 Å². The van der Waals surface area contributed by atoms with Gasteiger partial charge in [0, 0.05) is 30.2 Å². The van der Waals surface area contributed by atoms with Crippen LogP contribution in [0, 0.1) is 0 Å². The Kier molecular flexibility index (Phi) is 7.27. The summed E-state index contributed by atoms with van der Waals surface area (Å²) in [5.74, 6) is -1.37. The maximum absolute atomic E-state index is 13.2. The maximum Gasteiger partial charge on any atom is 0.362 e. The lowest BCUT2D eigenvalue weighted by molar-refractivity contribution is -0.0440. The van der Waals surface area contributed by atoms with Crippen LogP contribution in [0.5, 0.6) is 0 Å². The van der Waals surface area contributed by atoms with Crippen molar-refractivity contribution in [2.75, 3.05) is 25.0 Å². The van der Waals surface area contributed by atoms with Crippen molar-refractivity contribution in [1.29, 1.82) is 0 Å². The summed E-state index contributed by atoms with van der Waals surface area (Å²) in [6.07, 6.45) is -0.548. The number of nitrogens with one attached hydrogen (secondary N) is 1. The number of carbonyl (C=O) groups is 2. The number of carbonyl (C=O) groups excluding carboxylic acids is 2. The highest BCUT2D eigenvalue weighted by Gasteiger charge is 2.34. The fourth-order valence-electron chi connectivity index (χ4n) is 3.09. The number of rotatable bonds is 6. The quantitative estimate of drug-likeness (QED) is 0.614. The first kappa shape index (κ1) is 23.5. The maximum atomic E-state index is 13.2. The van der Waals surface area contributed by atoms with Gasteiger partial charge in [0.05, 0.1) is 23.8 Å². The molecule has 1 aliphatic rings. The van der Waals surface area contributed by atoms with Crippen molar-refractivity contribution in [2.24, 2.45) is 0 Å². The minimum Gasteiger partial charge on any atom is -0.461 e. The molecule has 3 rings (SSSR count). The highest BCUT2D eigenvalue weighted by atomic mass is 35.5. The van der Waals surface area contributed by atoms with Gasteiger partial charge in [0.25, 0.3) is 5.91 Å². The second-order valence-corrected chi connectivity index (χ2v) is 9.92. The summed E-state index contributed by atoms with van der Waals surface area (Å²) in [7, 11) is -3.96. The largest absolute Gasteiger partial charge is 0.461 e. The molecule has 1 aromatic heterocycles. The molecule has 1 saturated heterocycles. The molecule has 168 valence electrons. The van der Waals surface area contributed by atoms with Crippen molar-refractivity contribution < 1.29 is 27.5 Å². The van der Waals surface area contributed by atoms with Crippen molar-refractivity contribution >= 4 is 50.0 Å². The zero-order chi connectivity index (χ0) is 22.8. The van der Waals surface area contributed by atoms with Crippen LogP contribution in [-0.4, -0.2) is 66.1 Å². The van der Waals surface area contributed by atoms with Gasteiger partial charge in [0.15, 0.2) is 5.00 Å². The second kappa shape index (κ2) is 9.57. The van der Waals surface area contributed by atoms with E-state index in [2.05, 4.69) is 14.9 Å². The third-order valence-corrected chi connectivity index (χ3v) is 7.34. The van der Waals surface area contributed by atoms with E-state index < -0.39 is 21.9 Å². The highest BCUT2D eigenvalue weighted by Crippen LogP contribution is 2.29. The van der Waals surface area contributed by atoms with Crippen LogP contribution in [0.2, 0.25) is 5.02 Å². The number of amides is 1. The summed E-state index contributed by atoms with van der Waals surface area (Å²) in [6, 6.07) is 3.93. The summed E-state index contributed by atoms with van der Waals surface area (Å²) in [5, 5.41) is 6.28. The highest BCUT2D eigenvalue weighted by molar-refractivity contribution is 7.89. The third kappa shape index (κ3) is 5.21. The molecule has 31 heavy (non-hydrogen) atoms. The molecule has 0 bridgehead atoms. The number of nitrogens with zero attached hydrogens (tertiary/aromatic N) is 3. The molecule has 0 radical (unpaired) electrons. The standard InChI is InChI=1S/C18H21ClN4O6S2/c1-4-28-18(25)15-17(30-22-21-15)20-16(24)12-5-6-13(19)14(7-12)31(26,27)23-8-10(2)29-11(3)9-23/h5-7,10-11H,4,8-9H2,1-3H3,(H,20,24).